The van der Waals surface area contributed by atoms with Crippen molar-refractivity contribution in [2.45, 2.75) is 25.1 Å². The molecule has 0 aliphatic heterocycles. The molecule has 1 rings (SSSR count). The molecule has 0 fully saturated rings. The lowest BCUT2D eigenvalue weighted by Crippen LogP contribution is -2.13. The molecular weight excluding hydrogens is 218 g/mol. The van der Waals surface area contributed by atoms with Gasteiger partial charge in [0.2, 0.25) is 5.89 Å². The Morgan fingerprint density at radius 3 is 2.47 bits per heavy atom. The zero-order chi connectivity index (χ0) is 11.6. The molecule has 0 saturated heterocycles. The number of rotatable bonds is 4. The van der Waals surface area contributed by atoms with E-state index in [1.54, 1.807) is 7.05 Å². The number of aromatic nitrogens is 2. The molecule has 0 aliphatic carbocycles. The fraction of sp³-hybridized carbons (Fsp3) is 0.750. The van der Waals surface area contributed by atoms with E-state index in [0.29, 0.717) is 5.89 Å². The lowest BCUT2D eigenvalue weighted by Gasteiger charge is -2.03. The van der Waals surface area contributed by atoms with Crippen LogP contribution in [0.3, 0.4) is 0 Å². The van der Waals surface area contributed by atoms with E-state index in [9.17, 15) is 8.42 Å². The maximum atomic E-state index is 11.2. The van der Waals surface area contributed by atoms with Crippen LogP contribution in [0.1, 0.15) is 36.9 Å². The molecule has 86 valence electrons. The molecule has 0 radical (unpaired) electrons. The van der Waals surface area contributed by atoms with Crippen LogP contribution in [0.4, 0.5) is 0 Å². The highest BCUT2D eigenvalue weighted by molar-refractivity contribution is 7.90. The number of nitrogens with zero attached hydrogens (tertiary/aromatic N) is 2. The van der Waals surface area contributed by atoms with Crippen molar-refractivity contribution in [3.63, 3.8) is 0 Å². The largest absolute Gasteiger partial charge is 0.338 e. The minimum atomic E-state index is -3.18. The molecule has 0 bridgehead atoms. The molecule has 0 aromatic carbocycles. The molecule has 0 spiro atoms. The van der Waals surface area contributed by atoms with Gasteiger partial charge in [-0.15, -0.1) is 0 Å². The molecule has 1 aromatic rings. The van der Waals surface area contributed by atoms with Gasteiger partial charge in [-0.1, -0.05) is 5.16 Å². The predicted octanol–water partition coefficient (Wildman–Crippen LogP) is 0.456. The first kappa shape index (κ1) is 12.1. The molecular formula is C8H15N3O3S. The van der Waals surface area contributed by atoms with Crippen LogP contribution in [-0.4, -0.2) is 31.9 Å². The van der Waals surface area contributed by atoms with Crippen molar-refractivity contribution in [1.82, 2.24) is 15.5 Å². The highest BCUT2D eigenvalue weighted by Gasteiger charge is 2.24. The number of hydrogen-bond donors (Lipinski definition) is 1. The third-order valence-electron chi connectivity index (χ3n) is 2.27. The number of nitrogens with one attached hydrogen (secondary N) is 1. The smallest absolute Gasteiger partial charge is 0.243 e. The van der Waals surface area contributed by atoms with Crippen LogP contribution >= 0.6 is 0 Å². The maximum absolute atomic E-state index is 11.2. The summed E-state index contributed by atoms with van der Waals surface area (Å²) in [6, 6.07) is -0.0852. The Balaban J connectivity index is 2.94. The van der Waals surface area contributed by atoms with E-state index in [-0.39, 0.29) is 11.9 Å². The highest BCUT2D eigenvalue weighted by atomic mass is 32.2. The van der Waals surface area contributed by atoms with Crippen LogP contribution in [0.5, 0.6) is 0 Å². The second-order valence-electron chi connectivity index (χ2n) is 3.47. The van der Waals surface area contributed by atoms with E-state index in [2.05, 4.69) is 15.5 Å². The van der Waals surface area contributed by atoms with Crippen LogP contribution < -0.4 is 5.32 Å². The molecule has 0 amide bonds. The summed E-state index contributed by atoms with van der Waals surface area (Å²) in [6.07, 6.45) is 1.15. The Hall–Kier alpha value is -0.950. The van der Waals surface area contributed by atoms with E-state index < -0.39 is 15.1 Å². The van der Waals surface area contributed by atoms with Gasteiger partial charge in [0.1, 0.15) is 5.25 Å². The van der Waals surface area contributed by atoms with Gasteiger partial charge >= 0.3 is 0 Å². The average Bonchev–Trinajstić information content (AvgIpc) is 2.62. The first-order valence-electron chi connectivity index (χ1n) is 4.56. The Bertz CT molecular complexity index is 426. The van der Waals surface area contributed by atoms with Crippen molar-refractivity contribution in [3.05, 3.63) is 11.7 Å². The zero-order valence-corrected chi connectivity index (χ0v) is 10.00. The Morgan fingerprint density at radius 2 is 2.00 bits per heavy atom. The predicted molar refractivity (Wildman–Crippen MR) is 55.0 cm³/mol. The van der Waals surface area contributed by atoms with Crippen LogP contribution in [-0.2, 0) is 9.84 Å². The van der Waals surface area contributed by atoms with Crippen molar-refractivity contribution in [1.29, 1.82) is 0 Å². The van der Waals surface area contributed by atoms with Gasteiger partial charge in [-0.05, 0) is 20.9 Å². The Kier molecular flexibility index (Phi) is 3.46. The van der Waals surface area contributed by atoms with E-state index in [1.807, 2.05) is 6.92 Å². The van der Waals surface area contributed by atoms with Crippen LogP contribution in [0, 0.1) is 0 Å². The van der Waals surface area contributed by atoms with E-state index >= 15 is 0 Å². The molecule has 0 saturated carbocycles. The summed E-state index contributed by atoms with van der Waals surface area (Å²) in [7, 11) is -1.42. The van der Waals surface area contributed by atoms with Crippen molar-refractivity contribution in [3.8, 4) is 0 Å². The van der Waals surface area contributed by atoms with Gasteiger partial charge in [0.15, 0.2) is 15.7 Å². The van der Waals surface area contributed by atoms with E-state index in [4.69, 9.17) is 4.52 Å². The number of hydrogen-bond acceptors (Lipinski definition) is 6. The van der Waals surface area contributed by atoms with Crippen LogP contribution in [0.25, 0.3) is 0 Å². The monoisotopic (exact) mass is 233 g/mol. The molecule has 6 nitrogen and oxygen atoms in total. The van der Waals surface area contributed by atoms with E-state index in [1.165, 1.54) is 6.92 Å². The third kappa shape index (κ3) is 2.75. The molecule has 7 heteroatoms. The molecule has 15 heavy (non-hydrogen) atoms. The molecule has 1 heterocycles. The minimum Gasteiger partial charge on any atom is -0.338 e. The molecule has 2 atom stereocenters. The summed E-state index contributed by atoms with van der Waals surface area (Å²) >= 11 is 0. The normalized spacial score (nSPS) is 16.3. The van der Waals surface area contributed by atoms with Gasteiger partial charge < -0.3 is 9.84 Å². The standard InChI is InChI=1S/C8H15N3O3S/c1-5(9-3)8-10-7(11-14-8)6(2)15(4,12)13/h5-6,9H,1-4H3. The second kappa shape index (κ2) is 4.28. The van der Waals surface area contributed by atoms with Crippen molar-refractivity contribution in [2.75, 3.05) is 13.3 Å². The summed E-state index contributed by atoms with van der Waals surface area (Å²) in [5, 5.41) is 5.84. The minimum absolute atomic E-state index is 0.0852. The Labute approximate surface area is 89.0 Å². The van der Waals surface area contributed by atoms with Gasteiger partial charge in [-0.25, -0.2) is 8.42 Å². The first-order valence-corrected chi connectivity index (χ1v) is 6.51. The lowest BCUT2D eigenvalue weighted by atomic mass is 10.3. The summed E-state index contributed by atoms with van der Waals surface area (Å²) < 4.78 is 27.4. The van der Waals surface area contributed by atoms with Crippen molar-refractivity contribution >= 4 is 9.84 Å². The average molecular weight is 233 g/mol. The van der Waals surface area contributed by atoms with Crippen molar-refractivity contribution in [2.24, 2.45) is 0 Å². The second-order valence-corrected chi connectivity index (χ2v) is 5.84. The molecule has 1 N–H and O–H groups in total. The first-order chi connectivity index (χ1) is 6.86. The highest BCUT2D eigenvalue weighted by Crippen LogP contribution is 2.19. The summed E-state index contributed by atoms with van der Waals surface area (Å²) in [6.45, 7) is 3.39. The van der Waals surface area contributed by atoms with Gasteiger partial charge in [0.25, 0.3) is 0 Å². The SMILES string of the molecule is CNC(C)c1nc(C(C)S(C)(=O)=O)no1. The molecule has 2 unspecified atom stereocenters. The van der Waals surface area contributed by atoms with Crippen LogP contribution in [0.2, 0.25) is 0 Å². The fourth-order valence-electron chi connectivity index (χ4n) is 0.903. The number of sulfone groups is 1. The topological polar surface area (TPSA) is 85.1 Å². The Morgan fingerprint density at radius 1 is 1.40 bits per heavy atom. The fourth-order valence-corrected chi connectivity index (χ4v) is 1.38. The van der Waals surface area contributed by atoms with Gasteiger partial charge in [0, 0.05) is 6.26 Å². The zero-order valence-electron chi connectivity index (χ0n) is 9.18. The molecule has 0 aliphatic rings. The van der Waals surface area contributed by atoms with E-state index in [0.717, 1.165) is 6.26 Å². The molecule has 1 aromatic heterocycles. The maximum Gasteiger partial charge on any atom is 0.243 e. The summed E-state index contributed by atoms with van der Waals surface area (Å²) in [5.74, 6) is 0.595. The third-order valence-corrected chi connectivity index (χ3v) is 3.76. The van der Waals surface area contributed by atoms with Crippen LogP contribution in [0.15, 0.2) is 4.52 Å². The van der Waals surface area contributed by atoms with Gasteiger partial charge in [-0.3, -0.25) is 0 Å². The van der Waals surface area contributed by atoms with Crippen molar-refractivity contribution < 1.29 is 12.9 Å². The lowest BCUT2D eigenvalue weighted by molar-refractivity contribution is 0.343. The summed E-state index contributed by atoms with van der Waals surface area (Å²) in [5.41, 5.74) is 0. The summed E-state index contributed by atoms with van der Waals surface area (Å²) in [4.78, 5) is 4.03. The van der Waals surface area contributed by atoms with Gasteiger partial charge in [0.05, 0.1) is 6.04 Å². The van der Waals surface area contributed by atoms with Gasteiger partial charge in [-0.2, -0.15) is 4.98 Å². The quantitative estimate of drug-likeness (QED) is 0.813.